The Balaban J connectivity index is 1.39. The predicted octanol–water partition coefficient (Wildman–Crippen LogP) is 4.91. The third-order valence-corrected chi connectivity index (χ3v) is 5.51. The van der Waals surface area contributed by atoms with E-state index >= 15 is 0 Å². The zero-order valence-electron chi connectivity index (χ0n) is 18.6. The Hall–Kier alpha value is -4.52. The summed E-state index contributed by atoms with van der Waals surface area (Å²) in [4.78, 5) is 20.7. The highest BCUT2D eigenvalue weighted by molar-refractivity contribution is 5.82. The van der Waals surface area contributed by atoms with Gasteiger partial charge in [-0.3, -0.25) is 14.5 Å². The van der Waals surface area contributed by atoms with Gasteiger partial charge in [0.25, 0.3) is 0 Å². The number of methoxy groups -OCH3 is 1. The Morgan fingerprint density at radius 3 is 2.50 bits per heavy atom. The van der Waals surface area contributed by atoms with Crippen molar-refractivity contribution in [3.05, 3.63) is 97.1 Å². The Morgan fingerprint density at radius 2 is 1.71 bits per heavy atom. The number of aromatic nitrogens is 4. The van der Waals surface area contributed by atoms with Crippen LogP contribution in [0.1, 0.15) is 5.69 Å². The number of para-hydroxylation sites is 1. The molecule has 34 heavy (non-hydrogen) atoms. The number of fused-ring (bicyclic) bond motifs is 1. The molecule has 0 spiro atoms. The van der Waals surface area contributed by atoms with Crippen molar-refractivity contribution in [1.82, 2.24) is 19.7 Å². The minimum Gasteiger partial charge on any atom is -0.487 e. The average molecular weight is 450 g/mol. The number of hydrogen-bond acceptors (Lipinski definition) is 6. The molecule has 0 saturated heterocycles. The molecule has 168 valence electrons. The molecule has 2 aromatic carbocycles. The molecule has 5 aromatic rings. The van der Waals surface area contributed by atoms with Gasteiger partial charge in [-0.15, -0.1) is 0 Å². The van der Waals surface area contributed by atoms with Crippen molar-refractivity contribution in [3.63, 3.8) is 0 Å². The van der Waals surface area contributed by atoms with Gasteiger partial charge in [-0.05, 0) is 54.1 Å². The van der Waals surface area contributed by atoms with Crippen LogP contribution in [0.15, 0.2) is 91.4 Å². The van der Waals surface area contributed by atoms with Gasteiger partial charge in [0.15, 0.2) is 0 Å². The summed E-state index contributed by atoms with van der Waals surface area (Å²) in [6, 6.07) is 23.6. The van der Waals surface area contributed by atoms with Gasteiger partial charge >= 0.3 is 5.97 Å². The lowest BCUT2D eigenvalue weighted by Gasteiger charge is -2.11. The smallest absolute Gasteiger partial charge is 0.327 e. The molecule has 7 heteroatoms. The summed E-state index contributed by atoms with van der Waals surface area (Å²) in [5.41, 5.74) is 5.40. The average Bonchev–Trinajstić information content (AvgIpc) is 3.31. The first kappa shape index (κ1) is 21.3. The summed E-state index contributed by atoms with van der Waals surface area (Å²) < 4.78 is 12.5. The molecule has 0 aliphatic rings. The van der Waals surface area contributed by atoms with Crippen molar-refractivity contribution in [2.24, 2.45) is 0 Å². The van der Waals surface area contributed by atoms with Crippen LogP contribution < -0.4 is 4.74 Å². The summed E-state index contributed by atoms with van der Waals surface area (Å²) in [5, 5.41) is 5.54. The minimum absolute atomic E-state index is 0.0167. The van der Waals surface area contributed by atoms with Gasteiger partial charge in [0.1, 0.15) is 18.9 Å². The zero-order valence-corrected chi connectivity index (χ0v) is 18.6. The lowest BCUT2D eigenvalue weighted by Crippen LogP contribution is -2.13. The number of pyridine rings is 2. The van der Waals surface area contributed by atoms with E-state index in [0.717, 1.165) is 44.7 Å². The van der Waals surface area contributed by atoms with Crippen LogP contribution in [0.2, 0.25) is 0 Å². The molecule has 3 aromatic heterocycles. The highest BCUT2D eigenvalue weighted by Crippen LogP contribution is 2.33. The molecule has 0 bridgehead atoms. The summed E-state index contributed by atoms with van der Waals surface area (Å²) >= 11 is 0. The summed E-state index contributed by atoms with van der Waals surface area (Å²) in [7, 11) is 1.37. The van der Waals surface area contributed by atoms with Crippen LogP contribution in [0.5, 0.6) is 5.75 Å². The maximum atomic E-state index is 11.9. The van der Waals surface area contributed by atoms with Gasteiger partial charge in [-0.2, -0.15) is 5.10 Å². The van der Waals surface area contributed by atoms with Crippen LogP contribution in [0, 0.1) is 0 Å². The lowest BCUT2D eigenvalue weighted by molar-refractivity contribution is -0.141. The molecular formula is C27H22N4O3. The standard InChI is InChI=1S/C27H22N4O3/c1-33-26(32)17-31-27(24(16-29-31)19-12-14-28-15-13-19)21-7-10-23(11-8-21)34-18-22-9-6-20-4-2-3-5-25(20)30-22/h2-16H,17-18H2,1H3. The zero-order chi connectivity index (χ0) is 23.3. The molecule has 0 unspecified atom stereocenters. The lowest BCUT2D eigenvalue weighted by atomic mass is 10.0. The quantitative estimate of drug-likeness (QED) is 0.328. The van der Waals surface area contributed by atoms with Crippen LogP contribution in [0.25, 0.3) is 33.3 Å². The number of benzene rings is 2. The Labute approximate surface area is 196 Å². The van der Waals surface area contributed by atoms with E-state index in [-0.39, 0.29) is 12.5 Å². The summed E-state index contributed by atoms with van der Waals surface area (Å²) in [6.07, 6.45) is 5.21. The maximum Gasteiger partial charge on any atom is 0.327 e. The number of nitrogens with zero attached hydrogens (tertiary/aromatic N) is 4. The van der Waals surface area contributed by atoms with E-state index in [1.54, 1.807) is 23.3 Å². The number of carbonyl (C=O) groups is 1. The van der Waals surface area contributed by atoms with Crippen molar-refractivity contribution < 1.29 is 14.3 Å². The molecule has 0 aliphatic heterocycles. The van der Waals surface area contributed by atoms with E-state index in [0.29, 0.717) is 6.61 Å². The molecule has 0 fully saturated rings. The highest BCUT2D eigenvalue weighted by atomic mass is 16.5. The summed E-state index contributed by atoms with van der Waals surface area (Å²) in [6.45, 7) is 0.384. The largest absolute Gasteiger partial charge is 0.487 e. The van der Waals surface area contributed by atoms with Crippen LogP contribution >= 0.6 is 0 Å². The van der Waals surface area contributed by atoms with Gasteiger partial charge in [-0.1, -0.05) is 24.3 Å². The van der Waals surface area contributed by atoms with Crippen LogP contribution in [0.3, 0.4) is 0 Å². The molecule has 0 radical (unpaired) electrons. The summed E-state index contributed by atoms with van der Waals surface area (Å²) in [5.74, 6) is 0.358. The second kappa shape index (κ2) is 9.54. The van der Waals surface area contributed by atoms with Crippen LogP contribution in [0.4, 0.5) is 0 Å². The second-order valence-electron chi connectivity index (χ2n) is 7.68. The van der Waals surface area contributed by atoms with Gasteiger partial charge in [0.05, 0.1) is 30.2 Å². The third-order valence-electron chi connectivity index (χ3n) is 5.51. The SMILES string of the molecule is COC(=O)Cn1ncc(-c2ccncc2)c1-c1ccc(OCc2ccc3ccccc3n2)cc1. The number of rotatable bonds is 7. The molecular weight excluding hydrogens is 428 g/mol. The number of carbonyl (C=O) groups excluding carboxylic acids is 1. The van der Waals surface area contributed by atoms with E-state index in [2.05, 4.69) is 15.1 Å². The fraction of sp³-hybridized carbons (Fsp3) is 0.111. The van der Waals surface area contributed by atoms with Gasteiger partial charge < -0.3 is 9.47 Å². The first-order chi connectivity index (χ1) is 16.7. The normalized spacial score (nSPS) is 10.9. The fourth-order valence-electron chi connectivity index (χ4n) is 3.79. The molecule has 0 saturated carbocycles. The molecule has 5 rings (SSSR count). The Kier molecular flexibility index (Phi) is 5.99. The molecule has 0 N–H and O–H groups in total. The van der Waals surface area contributed by atoms with E-state index in [9.17, 15) is 4.79 Å². The van der Waals surface area contributed by atoms with Crippen molar-refractivity contribution >= 4 is 16.9 Å². The van der Waals surface area contributed by atoms with Crippen LogP contribution in [-0.4, -0.2) is 32.8 Å². The maximum absolute atomic E-state index is 11.9. The number of esters is 1. The molecule has 3 heterocycles. The van der Waals surface area contributed by atoms with Crippen molar-refractivity contribution in [2.75, 3.05) is 7.11 Å². The van der Waals surface area contributed by atoms with Gasteiger partial charge in [0.2, 0.25) is 0 Å². The molecule has 7 nitrogen and oxygen atoms in total. The Bertz CT molecular complexity index is 1430. The first-order valence-corrected chi connectivity index (χ1v) is 10.8. The number of hydrogen-bond donors (Lipinski definition) is 0. The molecule has 0 atom stereocenters. The van der Waals surface area contributed by atoms with E-state index in [1.807, 2.05) is 72.8 Å². The van der Waals surface area contributed by atoms with Crippen LogP contribution in [-0.2, 0) is 22.7 Å². The van der Waals surface area contributed by atoms with E-state index < -0.39 is 0 Å². The van der Waals surface area contributed by atoms with E-state index in [4.69, 9.17) is 9.47 Å². The number of ether oxygens (including phenoxy) is 2. The molecule has 0 amide bonds. The van der Waals surface area contributed by atoms with E-state index in [1.165, 1.54) is 7.11 Å². The van der Waals surface area contributed by atoms with Crippen molar-refractivity contribution in [2.45, 2.75) is 13.2 Å². The highest BCUT2D eigenvalue weighted by Gasteiger charge is 2.17. The topological polar surface area (TPSA) is 79.1 Å². The molecule has 0 aliphatic carbocycles. The van der Waals surface area contributed by atoms with Gasteiger partial charge in [0, 0.05) is 28.9 Å². The Morgan fingerprint density at radius 1 is 0.912 bits per heavy atom. The van der Waals surface area contributed by atoms with Gasteiger partial charge in [-0.25, -0.2) is 4.98 Å². The third kappa shape index (κ3) is 4.49. The minimum atomic E-state index is -0.367. The second-order valence-corrected chi connectivity index (χ2v) is 7.68. The van der Waals surface area contributed by atoms with Crippen molar-refractivity contribution in [3.8, 4) is 28.1 Å². The monoisotopic (exact) mass is 450 g/mol. The van der Waals surface area contributed by atoms with Crippen molar-refractivity contribution in [1.29, 1.82) is 0 Å². The first-order valence-electron chi connectivity index (χ1n) is 10.8. The fourth-order valence-corrected chi connectivity index (χ4v) is 3.79. The predicted molar refractivity (Wildman–Crippen MR) is 129 cm³/mol.